The van der Waals surface area contributed by atoms with Gasteiger partial charge >= 0.3 is 0 Å². The molecule has 1 atom stereocenters. The highest BCUT2D eigenvalue weighted by Gasteiger charge is 2.15. The first kappa shape index (κ1) is 20.5. The summed E-state index contributed by atoms with van der Waals surface area (Å²) < 4.78 is 12.3. The van der Waals surface area contributed by atoms with Crippen LogP contribution >= 0.6 is 22.9 Å². The largest absolute Gasteiger partial charge is 0.476 e. The third kappa shape index (κ3) is 4.97. The van der Waals surface area contributed by atoms with Gasteiger partial charge in [-0.2, -0.15) is 0 Å². The van der Waals surface area contributed by atoms with Gasteiger partial charge in [-0.1, -0.05) is 32.4 Å². The number of benzene rings is 1. The maximum Gasteiger partial charge on any atom is 0.238 e. The van der Waals surface area contributed by atoms with Crippen LogP contribution in [0.3, 0.4) is 0 Å². The Kier molecular flexibility index (Phi) is 6.46. The molecule has 3 aromatic rings. The van der Waals surface area contributed by atoms with Crippen LogP contribution in [0.25, 0.3) is 10.2 Å². The van der Waals surface area contributed by atoms with Crippen LogP contribution in [-0.4, -0.2) is 27.3 Å². The second kappa shape index (κ2) is 8.84. The number of rotatable bonds is 8. The summed E-state index contributed by atoms with van der Waals surface area (Å²) in [5.41, 5.74) is 0.862. The van der Waals surface area contributed by atoms with Gasteiger partial charge < -0.3 is 14.3 Å². The highest BCUT2D eigenvalue weighted by molar-refractivity contribution is 7.19. The number of halogens is 1. The predicted octanol–water partition coefficient (Wildman–Crippen LogP) is 5.65. The van der Waals surface area contributed by atoms with E-state index in [1.54, 1.807) is 24.3 Å². The minimum Gasteiger partial charge on any atom is -0.476 e. The molecule has 0 bridgehead atoms. The first-order valence-electron chi connectivity index (χ1n) is 9.04. The molecule has 0 spiro atoms. The van der Waals surface area contributed by atoms with Crippen molar-refractivity contribution < 1.29 is 14.3 Å². The number of hydrogen-bond donors (Lipinski definition) is 0. The van der Waals surface area contributed by atoms with Crippen LogP contribution in [0.1, 0.15) is 45.0 Å². The molecule has 0 fully saturated rings. The normalized spacial score (nSPS) is 12.4. The lowest BCUT2D eigenvalue weighted by molar-refractivity contribution is -0.118. The Morgan fingerprint density at radius 1 is 1.18 bits per heavy atom. The lowest BCUT2D eigenvalue weighted by Crippen LogP contribution is -2.12. The van der Waals surface area contributed by atoms with E-state index in [1.807, 2.05) is 13.0 Å². The zero-order chi connectivity index (χ0) is 20.3. The molecule has 8 heteroatoms. The molecule has 3 rings (SSSR count). The molecule has 0 saturated heterocycles. The number of aromatic nitrogens is 3. The number of fused-ring (bicyclic) bond motifs is 1. The molecule has 0 amide bonds. The minimum absolute atomic E-state index is 0.121. The second-order valence-electron chi connectivity index (χ2n) is 7.05. The van der Waals surface area contributed by atoms with E-state index >= 15 is 0 Å². The minimum atomic E-state index is 0.121. The van der Waals surface area contributed by atoms with Crippen molar-refractivity contribution in [1.29, 1.82) is 0 Å². The molecule has 0 radical (unpaired) electrons. The van der Waals surface area contributed by atoms with Crippen LogP contribution in [0.2, 0.25) is 5.02 Å². The molecule has 148 valence electrons. The van der Waals surface area contributed by atoms with Crippen LogP contribution in [0.5, 0.6) is 17.5 Å². The second-order valence-corrected chi connectivity index (χ2v) is 8.46. The Morgan fingerprint density at radius 2 is 1.89 bits per heavy atom. The van der Waals surface area contributed by atoms with Gasteiger partial charge in [0.2, 0.25) is 11.8 Å². The Labute approximate surface area is 172 Å². The van der Waals surface area contributed by atoms with E-state index in [4.69, 9.17) is 21.1 Å². The summed E-state index contributed by atoms with van der Waals surface area (Å²) in [5.74, 6) is 1.81. The number of ketones is 1. The van der Waals surface area contributed by atoms with Crippen molar-refractivity contribution in [2.75, 3.05) is 6.61 Å². The average molecular weight is 420 g/mol. The van der Waals surface area contributed by atoms with Gasteiger partial charge in [-0.05, 0) is 25.0 Å². The van der Waals surface area contributed by atoms with Crippen molar-refractivity contribution >= 4 is 38.9 Å². The van der Waals surface area contributed by atoms with Crippen molar-refractivity contribution in [3.8, 4) is 17.5 Å². The number of thiazole rings is 1. The van der Waals surface area contributed by atoms with E-state index in [-0.39, 0.29) is 11.7 Å². The Hall–Kier alpha value is -2.25. The molecule has 0 N–H and O–H groups in total. The summed E-state index contributed by atoms with van der Waals surface area (Å²) in [5, 5.41) is 1.55. The SMILES string of the molecule is CC(=O)C[C@@H](C)COc1cnc(Oc2ccc3nc(C(C)C)sc3c2Cl)cn1. The quantitative estimate of drug-likeness (QED) is 0.469. The number of Topliss-reactive ketones (excluding diaryl/α,β-unsaturated/α-hetero) is 1. The fourth-order valence-electron chi connectivity index (χ4n) is 2.61. The number of hydrogen-bond acceptors (Lipinski definition) is 7. The third-order valence-electron chi connectivity index (χ3n) is 3.94. The van der Waals surface area contributed by atoms with E-state index in [9.17, 15) is 4.79 Å². The molecule has 1 aromatic carbocycles. The number of carbonyl (C=O) groups is 1. The van der Waals surface area contributed by atoms with Crippen molar-refractivity contribution in [2.24, 2.45) is 5.92 Å². The van der Waals surface area contributed by atoms with Crippen molar-refractivity contribution in [1.82, 2.24) is 15.0 Å². The van der Waals surface area contributed by atoms with E-state index < -0.39 is 0 Å². The fourth-order valence-corrected chi connectivity index (χ4v) is 3.92. The summed E-state index contributed by atoms with van der Waals surface area (Å²) in [6.07, 6.45) is 3.45. The van der Waals surface area contributed by atoms with Crippen LogP contribution < -0.4 is 9.47 Å². The highest BCUT2D eigenvalue weighted by Crippen LogP contribution is 2.39. The smallest absolute Gasteiger partial charge is 0.238 e. The fraction of sp³-hybridized carbons (Fsp3) is 0.400. The molecule has 2 aromatic heterocycles. The molecule has 0 aliphatic heterocycles. The molecule has 0 aliphatic rings. The van der Waals surface area contributed by atoms with Gasteiger partial charge in [0.1, 0.15) is 16.6 Å². The average Bonchev–Trinajstić information content (AvgIpc) is 3.08. The Morgan fingerprint density at radius 3 is 2.54 bits per heavy atom. The molecule has 0 unspecified atom stereocenters. The summed E-state index contributed by atoms with van der Waals surface area (Å²) in [6, 6.07) is 3.67. The standard InChI is InChI=1S/C20H22ClN3O3S/c1-11(2)20-24-14-5-6-15(18(21)19(14)28-20)27-17-9-22-16(8-23-17)26-10-12(3)7-13(4)25/h5-6,8-9,11-12H,7,10H2,1-4H3/t12-/m1/s1. The molecule has 0 saturated carbocycles. The van der Waals surface area contributed by atoms with Gasteiger partial charge in [-0.15, -0.1) is 11.3 Å². The van der Waals surface area contributed by atoms with Gasteiger partial charge in [0.05, 0.1) is 34.2 Å². The maximum absolute atomic E-state index is 11.1. The molecule has 2 heterocycles. The zero-order valence-electron chi connectivity index (χ0n) is 16.2. The number of ether oxygens (including phenoxy) is 2. The van der Waals surface area contributed by atoms with E-state index in [1.165, 1.54) is 12.4 Å². The first-order valence-corrected chi connectivity index (χ1v) is 10.2. The van der Waals surface area contributed by atoms with Gasteiger partial charge in [-0.25, -0.2) is 15.0 Å². The van der Waals surface area contributed by atoms with Gasteiger partial charge in [0, 0.05) is 12.3 Å². The molecular weight excluding hydrogens is 398 g/mol. The van der Waals surface area contributed by atoms with E-state index in [2.05, 4.69) is 28.8 Å². The maximum atomic E-state index is 11.1. The topological polar surface area (TPSA) is 74.2 Å². The van der Waals surface area contributed by atoms with E-state index in [0.717, 1.165) is 15.2 Å². The van der Waals surface area contributed by atoms with E-state index in [0.29, 0.717) is 41.5 Å². The number of nitrogens with zero attached hydrogens (tertiary/aromatic N) is 3. The van der Waals surface area contributed by atoms with Crippen molar-refractivity contribution in [3.05, 3.63) is 34.6 Å². The Bertz CT molecular complexity index is 973. The number of carbonyl (C=O) groups excluding carboxylic acids is 1. The predicted molar refractivity (Wildman–Crippen MR) is 111 cm³/mol. The summed E-state index contributed by atoms with van der Waals surface area (Å²) >= 11 is 8.08. The third-order valence-corrected chi connectivity index (χ3v) is 5.82. The van der Waals surface area contributed by atoms with Crippen LogP contribution in [-0.2, 0) is 4.79 Å². The monoisotopic (exact) mass is 419 g/mol. The summed E-state index contributed by atoms with van der Waals surface area (Å²) in [6.45, 7) is 8.13. The van der Waals surface area contributed by atoms with Crippen LogP contribution in [0.4, 0.5) is 0 Å². The summed E-state index contributed by atoms with van der Waals surface area (Å²) in [4.78, 5) is 24.1. The highest BCUT2D eigenvalue weighted by atomic mass is 35.5. The molecule has 6 nitrogen and oxygen atoms in total. The van der Waals surface area contributed by atoms with Crippen molar-refractivity contribution in [3.63, 3.8) is 0 Å². The Balaban J connectivity index is 1.68. The van der Waals surface area contributed by atoms with Crippen LogP contribution in [0, 0.1) is 5.92 Å². The van der Waals surface area contributed by atoms with Crippen molar-refractivity contribution in [2.45, 2.75) is 40.0 Å². The first-order chi connectivity index (χ1) is 13.3. The van der Waals surface area contributed by atoms with Gasteiger partial charge in [-0.3, -0.25) is 0 Å². The summed E-state index contributed by atoms with van der Waals surface area (Å²) in [7, 11) is 0. The lowest BCUT2D eigenvalue weighted by atomic mass is 10.1. The van der Waals surface area contributed by atoms with Gasteiger partial charge in [0.15, 0.2) is 0 Å². The van der Waals surface area contributed by atoms with Crippen LogP contribution in [0.15, 0.2) is 24.5 Å². The molecule has 28 heavy (non-hydrogen) atoms. The zero-order valence-corrected chi connectivity index (χ0v) is 17.8. The molecule has 0 aliphatic carbocycles. The lowest BCUT2D eigenvalue weighted by Gasteiger charge is -2.11. The van der Waals surface area contributed by atoms with Gasteiger partial charge in [0.25, 0.3) is 0 Å². The molecular formula is C20H22ClN3O3S.